The normalized spacial score (nSPS) is 11.2. The Bertz CT molecular complexity index is 895. The summed E-state index contributed by atoms with van der Waals surface area (Å²) < 4.78 is 31.7. The summed E-state index contributed by atoms with van der Waals surface area (Å²) in [7, 11) is -0.801. The number of ether oxygens (including phenoxy) is 1. The number of sulfonamides is 1. The number of rotatable bonds is 6. The van der Waals surface area contributed by atoms with Gasteiger partial charge in [-0.1, -0.05) is 6.07 Å². The molecule has 1 aromatic heterocycles. The Morgan fingerprint density at radius 1 is 1.28 bits per heavy atom. The number of amides is 1. The molecule has 0 atom stereocenters. The maximum absolute atomic E-state index is 12.5. The Morgan fingerprint density at radius 3 is 2.64 bits per heavy atom. The van der Waals surface area contributed by atoms with Crippen molar-refractivity contribution in [3.05, 3.63) is 52.7 Å². The third-order valence-electron chi connectivity index (χ3n) is 3.92. The van der Waals surface area contributed by atoms with E-state index in [4.69, 9.17) is 4.74 Å². The summed E-state index contributed by atoms with van der Waals surface area (Å²) in [5, 5.41) is 2.76. The fraction of sp³-hybridized carbons (Fsp3) is 0.294. The van der Waals surface area contributed by atoms with E-state index in [2.05, 4.69) is 15.0 Å². The summed E-state index contributed by atoms with van der Waals surface area (Å²) in [5.41, 5.74) is 2.34. The van der Waals surface area contributed by atoms with Crippen LogP contribution in [0.15, 0.2) is 35.4 Å². The maximum atomic E-state index is 12.5. The van der Waals surface area contributed by atoms with Crippen molar-refractivity contribution in [1.29, 1.82) is 0 Å². The van der Waals surface area contributed by atoms with Gasteiger partial charge in [0.25, 0.3) is 5.91 Å². The Kier molecular flexibility index (Phi) is 5.76. The molecule has 0 saturated carbocycles. The standard InChI is InChI=1S/C17H21N3O4S/c1-11-8-14(9-15(12(11)2)25(22,23)18-3)16(21)20-10-13-6-5-7-19-17(13)24-4/h5-9,18H,10H2,1-4H3,(H,20,21). The van der Waals surface area contributed by atoms with Crippen molar-refractivity contribution in [3.63, 3.8) is 0 Å². The SMILES string of the molecule is CNS(=O)(=O)c1cc(C(=O)NCc2cccnc2OC)cc(C)c1C. The number of carbonyl (C=O) groups is 1. The molecule has 2 rings (SSSR count). The molecule has 8 heteroatoms. The molecule has 0 bridgehead atoms. The van der Waals surface area contributed by atoms with E-state index in [-0.39, 0.29) is 22.9 Å². The lowest BCUT2D eigenvalue weighted by molar-refractivity contribution is 0.0950. The molecule has 0 unspecified atom stereocenters. The largest absolute Gasteiger partial charge is 0.481 e. The molecule has 1 heterocycles. The second-order valence-corrected chi connectivity index (χ2v) is 7.33. The summed E-state index contributed by atoms with van der Waals surface area (Å²) in [6, 6.07) is 6.59. The monoisotopic (exact) mass is 363 g/mol. The van der Waals surface area contributed by atoms with Crippen molar-refractivity contribution in [2.24, 2.45) is 0 Å². The van der Waals surface area contributed by atoms with E-state index in [0.29, 0.717) is 11.4 Å². The molecule has 1 aromatic carbocycles. The van der Waals surface area contributed by atoms with Gasteiger partial charge in [0.2, 0.25) is 15.9 Å². The first-order valence-electron chi connectivity index (χ1n) is 7.61. The summed E-state index contributed by atoms with van der Waals surface area (Å²) in [6.07, 6.45) is 1.60. The first-order chi connectivity index (χ1) is 11.8. The third-order valence-corrected chi connectivity index (χ3v) is 5.46. The molecule has 0 aliphatic rings. The molecule has 1 amide bonds. The number of carbonyl (C=O) groups excluding carboxylic acids is 1. The van der Waals surface area contributed by atoms with Gasteiger partial charge in [0, 0.05) is 23.9 Å². The summed E-state index contributed by atoms with van der Waals surface area (Å²) >= 11 is 0. The predicted molar refractivity (Wildman–Crippen MR) is 94.1 cm³/mol. The second kappa shape index (κ2) is 7.62. The van der Waals surface area contributed by atoms with E-state index < -0.39 is 10.0 Å². The van der Waals surface area contributed by atoms with Crippen LogP contribution in [0.3, 0.4) is 0 Å². The number of nitrogens with one attached hydrogen (secondary N) is 2. The van der Waals surface area contributed by atoms with E-state index in [9.17, 15) is 13.2 Å². The van der Waals surface area contributed by atoms with Gasteiger partial charge in [0.05, 0.1) is 12.0 Å². The minimum absolute atomic E-state index is 0.0964. The van der Waals surface area contributed by atoms with Gasteiger partial charge in [0.1, 0.15) is 0 Å². The molecule has 0 saturated heterocycles. The zero-order valence-corrected chi connectivity index (χ0v) is 15.4. The topological polar surface area (TPSA) is 97.4 Å². The lowest BCUT2D eigenvalue weighted by atomic mass is 10.1. The summed E-state index contributed by atoms with van der Waals surface area (Å²) in [4.78, 5) is 16.6. The fourth-order valence-corrected chi connectivity index (χ4v) is 3.43. The average Bonchev–Trinajstić information content (AvgIpc) is 2.61. The number of aryl methyl sites for hydroxylation is 1. The molecule has 0 spiro atoms. The van der Waals surface area contributed by atoms with Gasteiger partial charge in [-0.25, -0.2) is 18.1 Å². The lowest BCUT2D eigenvalue weighted by Crippen LogP contribution is -2.25. The Balaban J connectivity index is 2.28. The van der Waals surface area contributed by atoms with Gasteiger partial charge in [-0.05, 0) is 50.2 Å². The van der Waals surface area contributed by atoms with E-state index >= 15 is 0 Å². The molecule has 0 fully saturated rings. The lowest BCUT2D eigenvalue weighted by Gasteiger charge is -2.13. The third kappa shape index (κ3) is 4.15. The highest BCUT2D eigenvalue weighted by atomic mass is 32.2. The zero-order chi connectivity index (χ0) is 18.6. The van der Waals surface area contributed by atoms with Crippen LogP contribution in [-0.4, -0.2) is 33.5 Å². The predicted octanol–water partition coefficient (Wildman–Crippen LogP) is 1.55. The van der Waals surface area contributed by atoms with Gasteiger partial charge in [-0.2, -0.15) is 0 Å². The van der Waals surface area contributed by atoms with Crippen molar-refractivity contribution in [2.45, 2.75) is 25.3 Å². The number of aromatic nitrogens is 1. The van der Waals surface area contributed by atoms with Crippen molar-refractivity contribution in [1.82, 2.24) is 15.0 Å². The maximum Gasteiger partial charge on any atom is 0.251 e. The van der Waals surface area contributed by atoms with Crippen LogP contribution < -0.4 is 14.8 Å². The van der Waals surface area contributed by atoms with Crippen LogP contribution in [0, 0.1) is 13.8 Å². The first kappa shape index (κ1) is 18.9. The van der Waals surface area contributed by atoms with E-state index in [0.717, 1.165) is 11.1 Å². The molecule has 0 aliphatic heterocycles. The van der Waals surface area contributed by atoms with Gasteiger partial charge in [-0.3, -0.25) is 4.79 Å². The number of benzene rings is 1. The number of nitrogens with zero attached hydrogens (tertiary/aromatic N) is 1. The highest BCUT2D eigenvalue weighted by Crippen LogP contribution is 2.21. The first-order valence-corrected chi connectivity index (χ1v) is 9.09. The van der Waals surface area contributed by atoms with Crippen LogP contribution in [0.4, 0.5) is 0 Å². The van der Waals surface area contributed by atoms with Crippen LogP contribution >= 0.6 is 0 Å². The van der Waals surface area contributed by atoms with Gasteiger partial charge >= 0.3 is 0 Å². The quantitative estimate of drug-likeness (QED) is 0.811. The number of hydrogen-bond acceptors (Lipinski definition) is 5. The van der Waals surface area contributed by atoms with Crippen molar-refractivity contribution >= 4 is 15.9 Å². The van der Waals surface area contributed by atoms with Crippen molar-refractivity contribution < 1.29 is 17.9 Å². The molecule has 25 heavy (non-hydrogen) atoms. The smallest absolute Gasteiger partial charge is 0.251 e. The molecule has 0 radical (unpaired) electrons. The van der Waals surface area contributed by atoms with Gasteiger partial charge in [-0.15, -0.1) is 0 Å². The van der Waals surface area contributed by atoms with E-state index in [1.54, 1.807) is 38.2 Å². The van der Waals surface area contributed by atoms with Gasteiger partial charge in [0.15, 0.2) is 0 Å². The molecule has 0 aliphatic carbocycles. The highest BCUT2D eigenvalue weighted by molar-refractivity contribution is 7.89. The number of methoxy groups -OCH3 is 1. The second-order valence-electron chi connectivity index (χ2n) is 5.48. The zero-order valence-electron chi connectivity index (χ0n) is 14.6. The highest BCUT2D eigenvalue weighted by Gasteiger charge is 2.19. The van der Waals surface area contributed by atoms with E-state index in [1.807, 2.05) is 0 Å². The summed E-state index contributed by atoms with van der Waals surface area (Å²) in [6.45, 7) is 3.70. The average molecular weight is 363 g/mol. The van der Waals surface area contributed by atoms with Crippen LogP contribution in [-0.2, 0) is 16.6 Å². The molecular formula is C17H21N3O4S. The minimum Gasteiger partial charge on any atom is -0.481 e. The van der Waals surface area contributed by atoms with Crippen molar-refractivity contribution in [3.8, 4) is 5.88 Å². The van der Waals surface area contributed by atoms with Crippen LogP contribution in [0.5, 0.6) is 5.88 Å². The molecule has 2 N–H and O–H groups in total. The fourth-order valence-electron chi connectivity index (χ4n) is 2.37. The number of hydrogen-bond donors (Lipinski definition) is 2. The van der Waals surface area contributed by atoms with Gasteiger partial charge < -0.3 is 10.1 Å². The van der Waals surface area contributed by atoms with Crippen molar-refractivity contribution in [2.75, 3.05) is 14.2 Å². The van der Waals surface area contributed by atoms with Crippen LogP contribution in [0.25, 0.3) is 0 Å². The molecule has 2 aromatic rings. The van der Waals surface area contributed by atoms with Crippen LogP contribution in [0.2, 0.25) is 0 Å². The summed E-state index contributed by atoms with van der Waals surface area (Å²) in [5.74, 6) is 0.0582. The van der Waals surface area contributed by atoms with Crippen LogP contribution in [0.1, 0.15) is 27.0 Å². The molecular weight excluding hydrogens is 342 g/mol. The minimum atomic E-state index is -3.65. The Labute approximate surface area is 147 Å². The molecule has 7 nitrogen and oxygen atoms in total. The molecule has 134 valence electrons. The Morgan fingerprint density at radius 2 is 2.00 bits per heavy atom. The Hall–Kier alpha value is -2.45. The number of pyridine rings is 1. The van der Waals surface area contributed by atoms with E-state index in [1.165, 1.54) is 20.2 Å².